The highest BCUT2D eigenvalue weighted by Gasteiger charge is 2.35. The normalized spacial score (nSPS) is 16.7. The highest BCUT2D eigenvalue weighted by atomic mass is 35.5. The molecular formula is C10H13ClN2O2S. The molecule has 2 rings (SSSR count). The van der Waals surface area contributed by atoms with E-state index in [4.69, 9.17) is 16.7 Å². The summed E-state index contributed by atoms with van der Waals surface area (Å²) in [5, 5.41) is 5.81. The van der Waals surface area contributed by atoms with Crippen LogP contribution in [0.3, 0.4) is 0 Å². The van der Waals surface area contributed by atoms with Crippen LogP contribution in [0.15, 0.2) is 24.3 Å². The van der Waals surface area contributed by atoms with Gasteiger partial charge in [-0.15, -0.1) is 0 Å². The Morgan fingerprint density at radius 1 is 1.31 bits per heavy atom. The van der Waals surface area contributed by atoms with Gasteiger partial charge in [0.15, 0.2) is 0 Å². The molecule has 1 aliphatic carbocycles. The molecule has 6 heteroatoms. The van der Waals surface area contributed by atoms with Gasteiger partial charge in [0, 0.05) is 17.6 Å². The number of halogens is 1. The average molecular weight is 261 g/mol. The number of benzene rings is 1. The van der Waals surface area contributed by atoms with Crippen molar-refractivity contribution < 1.29 is 8.42 Å². The molecular weight excluding hydrogens is 248 g/mol. The molecule has 4 nitrogen and oxygen atoms in total. The van der Waals surface area contributed by atoms with Gasteiger partial charge in [0.2, 0.25) is 0 Å². The standard InChI is InChI=1S/C10H13ClN2O2S/c11-9-3-1-8(2-4-9)7-13(10-5-6-10)16(12,14)15/h1-4,10H,5-7H2,(H2,12,14,15). The highest BCUT2D eigenvalue weighted by molar-refractivity contribution is 7.86. The van der Waals surface area contributed by atoms with Crippen LogP contribution in [-0.4, -0.2) is 18.8 Å². The Balaban J connectivity index is 2.15. The van der Waals surface area contributed by atoms with Crippen LogP contribution in [0.25, 0.3) is 0 Å². The van der Waals surface area contributed by atoms with Crippen molar-refractivity contribution in [2.75, 3.05) is 0 Å². The second kappa shape index (κ2) is 4.33. The van der Waals surface area contributed by atoms with Crippen molar-refractivity contribution in [3.05, 3.63) is 34.9 Å². The first-order valence-corrected chi connectivity index (χ1v) is 6.89. The smallest absolute Gasteiger partial charge is 0.216 e. The third kappa shape index (κ3) is 2.95. The maximum absolute atomic E-state index is 11.4. The molecule has 0 unspecified atom stereocenters. The van der Waals surface area contributed by atoms with Crippen LogP contribution in [-0.2, 0) is 16.8 Å². The molecule has 16 heavy (non-hydrogen) atoms. The lowest BCUT2D eigenvalue weighted by molar-refractivity contribution is 0.399. The molecule has 0 aromatic heterocycles. The zero-order valence-electron chi connectivity index (χ0n) is 8.64. The Labute approximate surface area is 100 Å². The summed E-state index contributed by atoms with van der Waals surface area (Å²) in [5.41, 5.74) is 0.894. The van der Waals surface area contributed by atoms with Crippen LogP contribution < -0.4 is 5.14 Å². The number of hydrogen-bond donors (Lipinski definition) is 1. The lowest BCUT2D eigenvalue weighted by atomic mass is 10.2. The zero-order valence-corrected chi connectivity index (χ0v) is 10.2. The van der Waals surface area contributed by atoms with E-state index in [-0.39, 0.29) is 6.04 Å². The Kier molecular flexibility index (Phi) is 3.21. The molecule has 0 aliphatic heterocycles. The van der Waals surface area contributed by atoms with Crippen molar-refractivity contribution >= 4 is 21.8 Å². The number of nitrogens with zero attached hydrogens (tertiary/aromatic N) is 1. The van der Waals surface area contributed by atoms with Gasteiger partial charge in [-0.2, -0.15) is 12.7 Å². The van der Waals surface area contributed by atoms with E-state index in [0.29, 0.717) is 11.6 Å². The van der Waals surface area contributed by atoms with Gasteiger partial charge in [-0.3, -0.25) is 0 Å². The van der Waals surface area contributed by atoms with Gasteiger partial charge in [0.05, 0.1) is 0 Å². The van der Waals surface area contributed by atoms with E-state index >= 15 is 0 Å². The van der Waals surface area contributed by atoms with Crippen molar-refractivity contribution in [3.63, 3.8) is 0 Å². The molecule has 88 valence electrons. The summed E-state index contributed by atoms with van der Waals surface area (Å²) in [5.74, 6) is 0. The molecule has 1 aromatic rings. The molecule has 0 spiro atoms. The van der Waals surface area contributed by atoms with Crippen LogP contribution >= 0.6 is 11.6 Å². The Morgan fingerprint density at radius 3 is 2.31 bits per heavy atom. The van der Waals surface area contributed by atoms with E-state index in [0.717, 1.165) is 18.4 Å². The van der Waals surface area contributed by atoms with E-state index in [1.54, 1.807) is 12.1 Å². The van der Waals surface area contributed by atoms with Gasteiger partial charge in [-0.05, 0) is 30.5 Å². The molecule has 1 aromatic carbocycles. The molecule has 2 N–H and O–H groups in total. The van der Waals surface area contributed by atoms with E-state index < -0.39 is 10.2 Å². The molecule has 1 saturated carbocycles. The first-order chi connectivity index (χ1) is 7.47. The fourth-order valence-electron chi connectivity index (χ4n) is 1.56. The lowest BCUT2D eigenvalue weighted by Gasteiger charge is -2.18. The molecule has 0 radical (unpaired) electrons. The van der Waals surface area contributed by atoms with Gasteiger partial charge in [0.25, 0.3) is 10.2 Å². The predicted molar refractivity (Wildman–Crippen MR) is 63.1 cm³/mol. The Bertz CT molecular complexity index is 468. The summed E-state index contributed by atoms with van der Waals surface area (Å²) in [6, 6.07) is 7.17. The van der Waals surface area contributed by atoms with Crippen LogP contribution in [0.2, 0.25) is 5.02 Å². The monoisotopic (exact) mass is 260 g/mol. The minimum absolute atomic E-state index is 0.0747. The maximum atomic E-state index is 11.4. The quantitative estimate of drug-likeness (QED) is 0.892. The molecule has 0 heterocycles. The molecule has 1 fully saturated rings. The largest absolute Gasteiger partial charge is 0.277 e. The van der Waals surface area contributed by atoms with Crippen molar-refractivity contribution in [2.45, 2.75) is 25.4 Å². The first kappa shape index (κ1) is 11.9. The summed E-state index contributed by atoms with van der Waals surface area (Å²) in [6.45, 7) is 0.320. The third-order valence-electron chi connectivity index (χ3n) is 2.53. The zero-order chi connectivity index (χ0) is 11.8. The van der Waals surface area contributed by atoms with Gasteiger partial charge in [-0.1, -0.05) is 23.7 Å². The van der Waals surface area contributed by atoms with E-state index in [1.807, 2.05) is 12.1 Å². The fraction of sp³-hybridized carbons (Fsp3) is 0.400. The second-order valence-corrected chi connectivity index (χ2v) is 5.88. The number of nitrogens with two attached hydrogens (primary N) is 1. The second-order valence-electron chi connectivity index (χ2n) is 3.95. The van der Waals surface area contributed by atoms with E-state index in [1.165, 1.54) is 4.31 Å². The Hall–Kier alpha value is -0.620. The average Bonchev–Trinajstić information content (AvgIpc) is 2.98. The van der Waals surface area contributed by atoms with E-state index in [2.05, 4.69) is 0 Å². The molecule has 1 aliphatic rings. The van der Waals surface area contributed by atoms with E-state index in [9.17, 15) is 8.42 Å². The molecule has 0 bridgehead atoms. The summed E-state index contributed by atoms with van der Waals surface area (Å²) in [6.07, 6.45) is 1.79. The van der Waals surface area contributed by atoms with Gasteiger partial charge in [-0.25, -0.2) is 5.14 Å². The van der Waals surface area contributed by atoms with Gasteiger partial charge in [0.1, 0.15) is 0 Å². The fourth-order valence-corrected chi connectivity index (χ4v) is 2.64. The minimum atomic E-state index is -3.61. The first-order valence-electron chi connectivity index (χ1n) is 5.01. The number of hydrogen-bond acceptors (Lipinski definition) is 2. The van der Waals surface area contributed by atoms with Crippen molar-refractivity contribution in [1.82, 2.24) is 4.31 Å². The summed E-state index contributed by atoms with van der Waals surface area (Å²) < 4.78 is 24.1. The molecule has 0 saturated heterocycles. The van der Waals surface area contributed by atoms with Gasteiger partial charge < -0.3 is 0 Å². The predicted octanol–water partition coefficient (Wildman–Crippen LogP) is 1.51. The molecule has 0 amide bonds. The van der Waals surface area contributed by atoms with Crippen molar-refractivity contribution in [2.24, 2.45) is 5.14 Å². The Morgan fingerprint density at radius 2 is 1.88 bits per heavy atom. The van der Waals surface area contributed by atoms with Crippen LogP contribution in [0, 0.1) is 0 Å². The van der Waals surface area contributed by atoms with Gasteiger partial charge >= 0.3 is 0 Å². The minimum Gasteiger partial charge on any atom is -0.216 e. The maximum Gasteiger partial charge on any atom is 0.277 e. The lowest BCUT2D eigenvalue weighted by Crippen LogP contribution is -2.37. The topological polar surface area (TPSA) is 63.4 Å². The summed E-state index contributed by atoms with van der Waals surface area (Å²) >= 11 is 5.76. The van der Waals surface area contributed by atoms with Crippen molar-refractivity contribution in [1.29, 1.82) is 0 Å². The van der Waals surface area contributed by atoms with Crippen LogP contribution in [0.4, 0.5) is 0 Å². The van der Waals surface area contributed by atoms with Crippen LogP contribution in [0.1, 0.15) is 18.4 Å². The summed E-state index contributed by atoms with van der Waals surface area (Å²) in [4.78, 5) is 0. The highest BCUT2D eigenvalue weighted by Crippen LogP contribution is 2.29. The third-order valence-corrected chi connectivity index (χ3v) is 3.87. The van der Waals surface area contributed by atoms with Crippen LogP contribution in [0.5, 0.6) is 0 Å². The SMILES string of the molecule is NS(=O)(=O)N(Cc1ccc(Cl)cc1)C1CC1. The summed E-state index contributed by atoms with van der Waals surface area (Å²) in [7, 11) is -3.61. The van der Waals surface area contributed by atoms with Crippen molar-refractivity contribution in [3.8, 4) is 0 Å². The number of rotatable bonds is 4. The molecule has 0 atom stereocenters.